The molecule has 2 aromatic carbocycles. The van der Waals surface area contributed by atoms with Gasteiger partial charge in [-0.2, -0.15) is 0 Å². The lowest BCUT2D eigenvalue weighted by atomic mass is 9.96. The van der Waals surface area contributed by atoms with Gasteiger partial charge in [0, 0.05) is 31.3 Å². The number of methoxy groups -OCH3 is 1. The predicted octanol–water partition coefficient (Wildman–Crippen LogP) is 7.77. The minimum absolute atomic E-state index is 0.142. The molecule has 8 heteroatoms. The molecule has 0 aliphatic rings. The van der Waals surface area contributed by atoms with Crippen molar-refractivity contribution in [3.8, 4) is 22.4 Å². The van der Waals surface area contributed by atoms with Crippen LogP contribution in [0.3, 0.4) is 0 Å². The standard InChI is InChI=1S/C28H30FNO4.C7H12.C2H5NO/c1-18(2)27-19(3)26(20-8-6-5-7-9-20)28(21-10-12-22(29)13-11-21)30(27)15-14-23(31)16-24(32)17-25(33)34-4;1-3-5-7-6-4-2;1-3-2-4/h5-13,18H,14-17H2,1-4H3;3,5-7H,4H2,1-2H3;2H,1H3,(H,3,4)/b;5-3-,7-6-;. The van der Waals surface area contributed by atoms with E-state index < -0.39 is 18.2 Å². The first kappa shape index (κ1) is 38.4. The molecule has 45 heavy (non-hydrogen) atoms. The molecule has 242 valence electrons. The Labute approximate surface area is 267 Å². The summed E-state index contributed by atoms with van der Waals surface area (Å²) in [7, 11) is 2.77. The number of aromatic nitrogens is 1. The molecule has 0 aliphatic carbocycles. The quantitative estimate of drug-likeness (QED) is 0.0914. The molecule has 1 amide bonds. The Kier molecular flexibility index (Phi) is 18.1. The number of halogens is 1. The molecule has 0 spiro atoms. The maximum atomic E-state index is 13.7. The third-order valence-corrected chi connectivity index (χ3v) is 6.65. The molecule has 3 rings (SSSR count). The normalized spacial score (nSPS) is 10.6. The minimum Gasteiger partial charge on any atom is -0.469 e. The summed E-state index contributed by atoms with van der Waals surface area (Å²) >= 11 is 0. The molecule has 0 fully saturated rings. The van der Waals surface area contributed by atoms with Gasteiger partial charge in [0.1, 0.15) is 18.0 Å². The highest BCUT2D eigenvalue weighted by Gasteiger charge is 2.25. The second-order valence-corrected chi connectivity index (χ2v) is 10.4. The Morgan fingerprint density at radius 2 is 1.58 bits per heavy atom. The Morgan fingerprint density at radius 1 is 0.956 bits per heavy atom. The fraction of sp³-hybridized carbons (Fsp3) is 0.351. The molecule has 0 atom stereocenters. The van der Waals surface area contributed by atoms with Crippen LogP contribution >= 0.6 is 0 Å². The summed E-state index contributed by atoms with van der Waals surface area (Å²) in [6, 6.07) is 16.4. The summed E-state index contributed by atoms with van der Waals surface area (Å²) in [6.07, 6.45) is 9.42. The topological polar surface area (TPSA) is 94.5 Å². The number of allylic oxidation sites excluding steroid dienone is 4. The molecule has 0 bridgehead atoms. The van der Waals surface area contributed by atoms with Crippen LogP contribution in [-0.2, 0) is 30.5 Å². The average Bonchev–Trinajstić information content (AvgIpc) is 3.33. The minimum atomic E-state index is -0.646. The van der Waals surface area contributed by atoms with Crippen LogP contribution in [0.15, 0.2) is 78.9 Å². The number of esters is 1. The van der Waals surface area contributed by atoms with Gasteiger partial charge >= 0.3 is 5.97 Å². The highest BCUT2D eigenvalue weighted by Crippen LogP contribution is 2.41. The first-order valence-electron chi connectivity index (χ1n) is 15.1. The largest absolute Gasteiger partial charge is 0.469 e. The van der Waals surface area contributed by atoms with E-state index in [4.69, 9.17) is 4.79 Å². The van der Waals surface area contributed by atoms with Crippen molar-refractivity contribution in [2.24, 2.45) is 0 Å². The second kappa shape index (κ2) is 21.2. The average molecular weight is 619 g/mol. The monoisotopic (exact) mass is 618 g/mol. The zero-order valence-corrected chi connectivity index (χ0v) is 27.6. The van der Waals surface area contributed by atoms with E-state index in [0.29, 0.717) is 13.0 Å². The number of amides is 1. The molecule has 0 aliphatic heterocycles. The second-order valence-electron chi connectivity index (χ2n) is 10.4. The molecule has 0 unspecified atom stereocenters. The van der Waals surface area contributed by atoms with E-state index in [-0.39, 0.29) is 30.4 Å². The van der Waals surface area contributed by atoms with Crippen molar-refractivity contribution in [3.05, 3.63) is 96.0 Å². The maximum Gasteiger partial charge on any atom is 0.313 e. The maximum absolute atomic E-state index is 13.7. The number of nitrogens with zero attached hydrogens (tertiary/aromatic N) is 1. The van der Waals surface area contributed by atoms with E-state index in [9.17, 15) is 18.8 Å². The van der Waals surface area contributed by atoms with E-state index in [0.717, 1.165) is 40.1 Å². The van der Waals surface area contributed by atoms with Crippen LogP contribution in [0, 0.1) is 12.7 Å². The zero-order valence-electron chi connectivity index (χ0n) is 27.6. The molecule has 0 saturated carbocycles. The van der Waals surface area contributed by atoms with Gasteiger partial charge in [-0.15, -0.1) is 0 Å². The first-order valence-corrected chi connectivity index (χ1v) is 15.1. The number of nitrogens with one attached hydrogen (secondary N) is 1. The van der Waals surface area contributed by atoms with E-state index >= 15 is 0 Å². The summed E-state index contributed by atoms with van der Waals surface area (Å²) in [5.74, 6) is -1.47. The number of hydrogen-bond donors (Lipinski definition) is 1. The summed E-state index contributed by atoms with van der Waals surface area (Å²) in [5, 5.41) is 2.25. The first-order chi connectivity index (χ1) is 21.6. The van der Waals surface area contributed by atoms with Crippen molar-refractivity contribution in [2.75, 3.05) is 14.2 Å². The van der Waals surface area contributed by atoms with Crippen LogP contribution in [0.2, 0.25) is 0 Å². The molecular formula is C37H47FN2O5. The number of ether oxygens (including phenoxy) is 1. The highest BCUT2D eigenvalue weighted by atomic mass is 19.1. The van der Waals surface area contributed by atoms with E-state index in [2.05, 4.69) is 54.5 Å². The summed E-state index contributed by atoms with van der Waals surface area (Å²) < 4.78 is 20.3. The van der Waals surface area contributed by atoms with Crippen molar-refractivity contribution < 1.29 is 28.3 Å². The Hall–Kier alpha value is -4.59. The number of carbonyl (C=O) groups excluding carboxylic acids is 4. The molecule has 1 N–H and O–H groups in total. The Morgan fingerprint density at radius 3 is 2.09 bits per heavy atom. The van der Waals surface area contributed by atoms with E-state index in [1.165, 1.54) is 19.2 Å². The molecule has 1 aromatic heterocycles. The van der Waals surface area contributed by atoms with Gasteiger partial charge in [-0.05, 0) is 67.1 Å². The van der Waals surface area contributed by atoms with Gasteiger partial charge in [-0.1, -0.05) is 75.4 Å². The van der Waals surface area contributed by atoms with Gasteiger partial charge in [0.15, 0.2) is 5.78 Å². The SMILES string of the molecule is C/C=C\C=C/CC.CNC=O.COC(=O)CC(=O)CC(=O)CCn1c(-c2ccc(F)cc2)c(-c2ccccc2)c(C)c1C(C)C. The third-order valence-electron chi connectivity index (χ3n) is 6.65. The van der Waals surface area contributed by atoms with Gasteiger partial charge in [0.2, 0.25) is 6.41 Å². The van der Waals surface area contributed by atoms with Crippen molar-refractivity contribution in [1.82, 2.24) is 9.88 Å². The van der Waals surface area contributed by atoms with Crippen LogP contribution in [0.4, 0.5) is 4.39 Å². The summed E-state index contributed by atoms with van der Waals surface area (Å²) in [6.45, 7) is 10.8. The summed E-state index contributed by atoms with van der Waals surface area (Å²) in [5.41, 5.74) is 6.05. The van der Waals surface area contributed by atoms with E-state index in [1.807, 2.05) is 49.4 Å². The van der Waals surface area contributed by atoms with E-state index in [1.54, 1.807) is 19.2 Å². The molecular weight excluding hydrogens is 571 g/mol. The molecule has 7 nitrogen and oxygen atoms in total. The lowest BCUT2D eigenvalue weighted by molar-refractivity contribution is -0.143. The fourth-order valence-electron chi connectivity index (χ4n) is 4.77. The summed E-state index contributed by atoms with van der Waals surface area (Å²) in [4.78, 5) is 45.0. The number of Topliss-reactive ketones (excluding diaryl/α,β-unsaturated/α-hetero) is 2. The smallest absolute Gasteiger partial charge is 0.313 e. The predicted molar refractivity (Wildman–Crippen MR) is 179 cm³/mol. The lowest BCUT2D eigenvalue weighted by Gasteiger charge is -2.17. The van der Waals surface area contributed by atoms with Gasteiger partial charge in [-0.3, -0.25) is 19.2 Å². The van der Waals surface area contributed by atoms with Gasteiger partial charge < -0.3 is 14.6 Å². The van der Waals surface area contributed by atoms with Crippen LogP contribution in [-0.4, -0.2) is 42.7 Å². The van der Waals surface area contributed by atoms with Gasteiger partial charge in [-0.25, -0.2) is 4.39 Å². The van der Waals surface area contributed by atoms with Gasteiger partial charge in [0.05, 0.1) is 19.2 Å². The number of hydrogen-bond acceptors (Lipinski definition) is 5. The van der Waals surface area contributed by atoms with Crippen molar-refractivity contribution in [1.29, 1.82) is 0 Å². The Bertz CT molecular complexity index is 1420. The molecule has 1 heterocycles. The molecule has 0 radical (unpaired) electrons. The molecule has 0 saturated heterocycles. The fourth-order valence-corrected chi connectivity index (χ4v) is 4.77. The Balaban J connectivity index is 0.000000788. The van der Waals surface area contributed by atoms with Gasteiger partial charge in [0.25, 0.3) is 0 Å². The lowest BCUT2D eigenvalue weighted by Crippen LogP contribution is -2.16. The number of rotatable bonds is 13. The van der Waals surface area contributed by atoms with Crippen LogP contribution in [0.1, 0.15) is 70.6 Å². The van der Waals surface area contributed by atoms with Crippen molar-refractivity contribution in [2.45, 2.75) is 72.8 Å². The number of carbonyl (C=O) groups is 4. The molecule has 3 aromatic rings. The van der Waals surface area contributed by atoms with Crippen molar-refractivity contribution in [3.63, 3.8) is 0 Å². The number of benzene rings is 2. The van der Waals surface area contributed by atoms with Crippen molar-refractivity contribution >= 4 is 23.9 Å². The zero-order chi connectivity index (χ0) is 33.8. The number of ketones is 2. The van der Waals surface area contributed by atoms with Crippen LogP contribution < -0.4 is 5.32 Å². The third kappa shape index (κ3) is 12.9. The van der Waals surface area contributed by atoms with Crippen LogP contribution in [0.25, 0.3) is 22.4 Å². The van der Waals surface area contributed by atoms with Crippen LogP contribution in [0.5, 0.6) is 0 Å². The highest BCUT2D eigenvalue weighted by molar-refractivity contribution is 6.05.